The van der Waals surface area contributed by atoms with Crippen molar-refractivity contribution in [1.82, 2.24) is 14.8 Å². The van der Waals surface area contributed by atoms with E-state index in [1.54, 1.807) is 12.4 Å². The number of carbonyl (C=O) groups excluding carboxylic acids is 1. The number of hydrogen-bond acceptors (Lipinski definition) is 4. The molecule has 5 nitrogen and oxygen atoms in total. The molecule has 140 valence electrons. The molecule has 4 aliphatic heterocycles. The van der Waals surface area contributed by atoms with E-state index in [9.17, 15) is 4.79 Å². The lowest BCUT2D eigenvalue weighted by Gasteiger charge is -2.45. The quantitative estimate of drug-likeness (QED) is 0.822. The van der Waals surface area contributed by atoms with Crippen LogP contribution in [0.2, 0.25) is 0 Å². The van der Waals surface area contributed by atoms with Gasteiger partial charge in [0.25, 0.3) is 0 Å². The number of carbonyl (C=O) groups is 1. The molecule has 4 aliphatic rings. The number of rotatable bonds is 2. The molecular weight excluding hydrogens is 338 g/mol. The lowest BCUT2D eigenvalue weighted by atomic mass is 9.86. The van der Waals surface area contributed by atoms with E-state index in [-0.39, 0.29) is 18.2 Å². The van der Waals surface area contributed by atoms with Crippen LogP contribution in [-0.2, 0) is 11.2 Å². The van der Waals surface area contributed by atoms with Crippen molar-refractivity contribution < 1.29 is 9.53 Å². The summed E-state index contributed by atoms with van der Waals surface area (Å²) in [5.74, 6) is 0.524. The molecule has 3 fully saturated rings. The monoisotopic (exact) mass is 363 g/mol. The van der Waals surface area contributed by atoms with Gasteiger partial charge in [-0.1, -0.05) is 24.3 Å². The third-order valence-corrected chi connectivity index (χ3v) is 6.39. The van der Waals surface area contributed by atoms with Crippen molar-refractivity contribution in [2.24, 2.45) is 5.92 Å². The zero-order chi connectivity index (χ0) is 18.2. The first kappa shape index (κ1) is 16.8. The van der Waals surface area contributed by atoms with Gasteiger partial charge in [-0.15, -0.1) is 0 Å². The summed E-state index contributed by atoms with van der Waals surface area (Å²) in [5, 5.41) is 0. The summed E-state index contributed by atoms with van der Waals surface area (Å²) in [4.78, 5) is 21.7. The van der Waals surface area contributed by atoms with E-state index in [1.807, 2.05) is 17.0 Å². The molecule has 5 heteroatoms. The van der Waals surface area contributed by atoms with Crippen LogP contribution >= 0.6 is 0 Å². The fourth-order valence-corrected chi connectivity index (χ4v) is 4.91. The van der Waals surface area contributed by atoms with Gasteiger partial charge in [0.1, 0.15) is 6.10 Å². The molecular formula is C22H25N3O2. The Kier molecular flexibility index (Phi) is 4.32. The van der Waals surface area contributed by atoms with Gasteiger partial charge in [-0.2, -0.15) is 0 Å². The highest BCUT2D eigenvalue weighted by atomic mass is 16.6. The molecule has 5 heterocycles. The summed E-state index contributed by atoms with van der Waals surface area (Å²) in [6.07, 6.45) is 6.61. The topological polar surface area (TPSA) is 45.7 Å². The van der Waals surface area contributed by atoms with Crippen molar-refractivity contribution in [3.05, 3.63) is 65.5 Å². The standard InChI is InChI=1S/C22H25N3O2/c26-22(27-20-15-24-12-7-17(20)8-13-24)25-14-9-16-3-1-2-4-19(16)21(25)18-5-10-23-11-6-18/h1-6,10-11,17,20-21H,7-9,12-15H2/t20-,21-/m0/s1. The molecule has 1 aromatic carbocycles. The average Bonchev–Trinajstić information content (AvgIpc) is 2.74. The summed E-state index contributed by atoms with van der Waals surface area (Å²) in [6, 6.07) is 12.3. The molecule has 0 spiro atoms. The van der Waals surface area contributed by atoms with Crippen molar-refractivity contribution in [3.63, 3.8) is 0 Å². The van der Waals surface area contributed by atoms with E-state index >= 15 is 0 Å². The van der Waals surface area contributed by atoms with Crippen LogP contribution in [-0.4, -0.2) is 53.2 Å². The van der Waals surface area contributed by atoms with Crippen LogP contribution in [0.3, 0.4) is 0 Å². The number of piperidine rings is 3. The first-order valence-corrected chi connectivity index (χ1v) is 9.97. The Hall–Kier alpha value is -2.40. The van der Waals surface area contributed by atoms with Crippen LogP contribution in [0.25, 0.3) is 0 Å². The van der Waals surface area contributed by atoms with Gasteiger partial charge in [0.2, 0.25) is 0 Å². The fraction of sp³-hybridized carbons (Fsp3) is 0.455. The Morgan fingerprint density at radius 2 is 1.81 bits per heavy atom. The minimum absolute atomic E-state index is 0.0373. The van der Waals surface area contributed by atoms with Crippen LogP contribution in [0.4, 0.5) is 4.79 Å². The third kappa shape index (κ3) is 3.10. The maximum absolute atomic E-state index is 13.2. The van der Waals surface area contributed by atoms with Crippen molar-refractivity contribution in [2.45, 2.75) is 31.4 Å². The first-order valence-electron chi connectivity index (χ1n) is 9.97. The molecule has 0 unspecified atom stereocenters. The largest absolute Gasteiger partial charge is 0.444 e. The maximum Gasteiger partial charge on any atom is 0.410 e. The van der Waals surface area contributed by atoms with E-state index in [0.29, 0.717) is 12.5 Å². The molecule has 1 amide bonds. The number of fused-ring (bicyclic) bond motifs is 4. The van der Waals surface area contributed by atoms with Crippen molar-refractivity contribution in [2.75, 3.05) is 26.2 Å². The van der Waals surface area contributed by atoms with Gasteiger partial charge >= 0.3 is 6.09 Å². The predicted molar refractivity (Wildman–Crippen MR) is 102 cm³/mol. The molecule has 27 heavy (non-hydrogen) atoms. The van der Waals surface area contributed by atoms with E-state index < -0.39 is 0 Å². The van der Waals surface area contributed by atoms with E-state index in [2.05, 4.69) is 34.1 Å². The minimum atomic E-state index is -0.176. The van der Waals surface area contributed by atoms with Gasteiger partial charge in [-0.25, -0.2) is 4.79 Å². The van der Waals surface area contributed by atoms with Gasteiger partial charge < -0.3 is 4.74 Å². The highest BCUT2D eigenvalue weighted by Crippen LogP contribution is 2.36. The molecule has 0 saturated carbocycles. The summed E-state index contributed by atoms with van der Waals surface area (Å²) < 4.78 is 6.06. The number of benzene rings is 1. The number of nitrogens with zero attached hydrogens (tertiary/aromatic N) is 3. The van der Waals surface area contributed by atoms with E-state index in [0.717, 1.165) is 44.5 Å². The fourth-order valence-electron chi connectivity index (χ4n) is 4.91. The first-order chi connectivity index (χ1) is 13.3. The Morgan fingerprint density at radius 1 is 1.04 bits per heavy atom. The second-order valence-electron chi connectivity index (χ2n) is 7.89. The average molecular weight is 363 g/mol. The van der Waals surface area contributed by atoms with Crippen molar-refractivity contribution in [3.8, 4) is 0 Å². The maximum atomic E-state index is 13.2. The van der Waals surface area contributed by atoms with Gasteiger partial charge in [0.15, 0.2) is 0 Å². The SMILES string of the molecule is O=C(O[C@H]1CN2CCC1CC2)N1CCc2ccccc2[C@@H]1c1ccncc1. The molecule has 2 atom stereocenters. The molecule has 2 bridgehead atoms. The zero-order valence-electron chi connectivity index (χ0n) is 15.5. The molecule has 1 aromatic heterocycles. The Morgan fingerprint density at radius 3 is 2.56 bits per heavy atom. The summed E-state index contributed by atoms with van der Waals surface area (Å²) in [7, 11) is 0. The number of amides is 1. The van der Waals surface area contributed by atoms with Crippen molar-refractivity contribution >= 4 is 6.09 Å². The van der Waals surface area contributed by atoms with Crippen LogP contribution in [0.15, 0.2) is 48.8 Å². The number of hydrogen-bond donors (Lipinski definition) is 0. The lowest BCUT2D eigenvalue weighted by molar-refractivity contribution is -0.0462. The summed E-state index contributed by atoms with van der Waals surface area (Å²) in [6.45, 7) is 3.87. The molecule has 6 rings (SSSR count). The van der Waals surface area contributed by atoms with Crippen LogP contribution in [0.5, 0.6) is 0 Å². The molecule has 0 N–H and O–H groups in total. The molecule has 0 radical (unpaired) electrons. The highest BCUT2D eigenvalue weighted by Gasteiger charge is 2.39. The Bertz CT molecular complexity index is 817. The molecule has 3 saturated heterocycles. The van der Waals surface area contributed by atoms with E-state index in [4.69, 9.17) is 4.74 Å². The van der Waals surface area contributed by atoms with E-state index in [1.165, 1.54) is 11.1 Å². The van der Waals surface area contributed by atoms with Crippen molar-refractivity contribution in [1.29, 1.82) is 0 Å². The lowest BCUT2D eigenvalue weighted by Crippen LogP contribution is -2.53. The van der Waals surface area contributed by atoms with Gasteiger partial charge in [-0.3, -0.25) is 14.8 Å². The normalized spacial score (nSPS) is 29.3. The molecule has 0 aliphatic carbocycles. The summed E-state index contributed by atoms with van der Waals surface area (Å²) in [5.41, 5.74) is 3.59. The number of pyridine rings is 1. The predicted octanol–water partition coefficient (Wildman–Crippen LogP) is 3.26. The Labute approximate surface area is 159 Å². The summed E-state index contributed by atoms with van der Waals surface area (Å²) >= 11 is 0. The van der Waals surface area contributed by atoms with Gasteiger partial charge in [0, 0.05) is 25.5 Å². The minimum Gasteiger partial charge on any atom is -0.444 e. The second-order valence-corrected chi connectivity index (χ2v) is 7.89. The van der Waals surface area contributed by atoms with Gasteiger partial charge in [0.05, 0.1) is 6.04 Å². The van der Waals surface area contributed by atoms with Crippen LogP contribution < -0.4 is 0 Å². The van der Waals surface area contributed by atoms with Crippen LogP contribution in [0, 0.1) is 5.92 Å². The highest BCUT2D eigenvalue weighted by molar-refractivity contribution is 5.70. The Balaban J connectivity index is 1.43. The second kappa shape index (κ2) is 6.97. The number of aromatic nitrogens is 1. The van der Waals surface area contributed by atoms with Gasteiger partial charge in [-0.05, 0) is 67.1 Å². The smallest absolute Gasteiger partial charge is 0.410 e. The number of ether oxygens (including phenoxy) is 1. The zero-order valence-corrected chi connectivity index (χ0v) is 15.5. The van der Waals surface area contributed by atoms with Crippen LogP contribution in [0.1, 0.15) is 35.6 Å². The third-order valence-electron chi connectivity index (χ3n) is 6.39. The molecule has 2 aromatic rings.